The van der Waals surface area contributed by atoms with Crippen molar-refractivity contribution < 1.29 is 9.47 Å². The molecule has 0 saturated carbocycles. The van der Waals surface area contributed by atoms with E-state index in [1.165, 1.54) is 0 Å². The lowest BCUT2D eigenvalue weighted by Gasteiger charge is -2.31. The van der Waals surface area contributed by atoms with Gasteiger partial charge in [0.25, 0.3) is 0 Å². The van der Waals surface area contributed by atoms with Crippen LogP contribution in [0.15, 0.2) is 0 Å². The lowest BCUT2D eigenvalue weighted by atomic mass is 10.00. The summed E-state index contributed by atoms with van der Waals surface area (Å²) in [7, 11) is 3.47. The Hall–Kier alpha value is -0.160. The van der Waals surface area contributed by atoms with E-state index in [2.05, 4.69) is 18.7 Å². The number of rotatable bonds is 10. The third-order valence-electron chi connectivity index (χ3n) is 2.83. The van der Waals surface area contributed by atoms with Crippen molar-refractivity contribution in [3.05, 3.63) is 0 Å². The minimum absolute atomic E-state index is 0.110. The van der Waals surface area contributed by atoms with Gasteiger partial charge in [-0.25, -0.2) is 0 Å². The number of nitrogens with two attached hydrogens (primary N) is 1. The van der Waals surface area contributed by atoms with Gasteiger partial charge in [0, 0.05) is 46.0 Å². The fourth-order valence-electron chi connectivity index (χ4n) is 1.55. The van der Waals surface area contributed by atoms with Crippen LogP contribution in [0.5, 0.6) is 0 Å². The summed E-state index contributed by atoms with van der Waals surface area (Å²) in [6.07, 6.45) is 2.03. The molecule has 0 spiro atoms. The van der Waals surface area contributed by atoms with Crippen LogP contribution in [-0.4, -0.2) is 57.5 Å². The summed E-state index contributed by atoms with van der Waals surface area (Å²) in [4.78, 5) is 2.35. The Morgan fingerprint density at radius 2 is 1.75 bits per heavy atom. The molecule has 0 radical (unpaired) electrons. The second kappa shape index (κ2) is 8.93. The van der Waals surface area contributed by atoms with Crippen LogP contribution in [0.3, 0.4) is 0 Å². The van der Waals surface area contributed by atoms with E-state index < -0.39 is 0 Å². The van der Waals surface area contributed by atoms with Gasteiger partial charge in [0.05, 0.1) is 6.61 Å². The Morgan fingerprint density at radius 1 is 1.12 bits per heavy atom. The Morgan fingerprint density at radius 3 is 2.25 bits per heavy atom. The highest BCUT2D eigenvalue weighted by molar-refractivity contribution is 4.81. The summed E-state index contributed by atoms with van der Waals surface area (Å²) in [5.74, 6) is 0. The molecule has 0 aromatic heterocycles. The third-order valence-corrected chi connectivity index (χ3v) is 2.83. The van der Waals surface area contributed by atoms with Gasteiger partial charge in [-0.3, -0.25) is 4.90 Å². The number of hydrogen-bond donors (Lipinski definition) is 1. The van der Waals surface area contributed by atoms with Crippen molar-refractivity contribution in [2.45, 2.75) is 32.2 Å². The zero-order valence-corrected chi connectivity index (χ0v) is 11.3. The highest BCUT2D eigenvalue weighted by atomic mass is 16.5. The molecule has 0 aromatic rings. The van der Waals surface area contributed by atoms with Gasteiger partial charge in [0.2, 0.25) is 0 Å². The fraction of sp³-hybridized carbons (Fsp3) is 1.00. The molecule has 16 heavy (non-hydrogen) atoms. The summed E-state index contributed by atoms with van der Waals surface area (Å²) < 4.78 is 10.2. The van der Waals surface area contributed by atoms with Crippen LogP contribution >= 0.6 is 0 Å². The molecule has 0 heterocycles. The minimum atomic E-state index is -0.110. The SMILES string of the molecule is CCC(C)(N)CN(CCCOC)CCOC. The molecule has 0 aliphatic carbocycles. The van der Waals surface area contributed by atoms with E-state index in [1.807, 2.05) is 0 Å². The Labute approximate surface area is 100 Å². The smallest absolute Gasteiger partial charge is 0.0589 e. The van der Waals surface area contributed by atoms with Gasteiger partial charge in [0.15, 0.2) is 0 Å². The van der Waals surface area contributed by atoms with E-state index in [1.54, 1.807) is 14.2 Å². The van der Waals surface area contributed by atoms with Crippen molar-refractivity contribution in [3.63, 3.8) is 0 Å². The van der Waals surface area contributed by atoms with E-state index in [4.69, 9.17) is 15.2 Å². The summed E-state index contributed by atoms with van der Waals surface area (Å²) in [5, 5.41) is 0. The third kappa shape index (κ3) is 8.05. The number of nitrogens with zero attached hydrogens (tertiary/aromatic N) is 1. The van der Waals surface area contributed by atoms with E-state index in [-0.39, 0.29) is 5.54 Å². The molecule has 0 amide bonds. The first-order chi connectivity index (χ1) is 7.55. The zero-order valence-electron chi connectivity index (χ0n) is 11.3. The predicted octanol–water partition coefficient (Wildman–Crippen LogP) is 1.10. The molecular formula is C12H28N2O2. The maximum atomic E-state index is 6.18. The largest absolute Gasteiger partial charge is 0.385 e. The van der Waals surface area contributed by atoms with E-state index in [0.29, 0.717) is 0 Å². The average molecular weight is 232 g/mol. The van der Waals surface area contributed by atoms with Gasteiger partial charge in [-0.2, -0.15) is 0 Å². The van der Waals surface area contributed by atoms with Crippen LogP contribution in [0.1, 0.15) is 26.7 Å². The number of hydrogen-bond acceptors (Lipinski definition) is 4. The molecule has 0 aromatic carbocycles. The maximum absolute atomic E-state index is 6.18. The quantitative estimate of drug-likeness (QED) is 0.573. The minimum Gasteiger partial charge on any atom is -0.385 e. The van der Waals surface area contributed by atoms with Crippen LogP contribution in [-0.2, 0) is 9.47 Å². The van der Waals surface area contributed by atoms with E-state index in [9.17, 15) is 0 Å². The van der Waals surface area contributed by atoms with Gasteiger partial charge < -0.3 is 15.2 Å². The topological polar surface area (TPSA) is 47.7 Å². The molecule has 1 unspecified atom stereocenters. The average Bonchev–Trinajstić information content (AvgIpc) is 2.25. The maximum Gasteiger partial charge on any atom is 0.0589 e. The second-order valence-corrected chi connectivity index (χ2v) is 4.62. The fourth-order valence-corrected chi connectivity index (χ4v) is 1.55. The van der Waals surface area contributed by atoms with Gasteiger partial charge in [-0.1, -0.05) is 6.92 Å². The first kappa shape index (κ1) is 15.8. The van der Waals surface area contributed by atoms with Gasteiger partial charge in [-0.05, 0) is 19.8 Å². The van der Waals surface area contributed by atoms with Crippen LogP contribution in [0, 0.1) is 0 Å². The van der Waals surface area contributed by atoms with Crippen molar-refractivity contribution >= 4 is 0 Å². The number of methoxy groups -OCH3 is 2. The molecule has 4 nitrogen and oxygen atoms in total. The standard InChI is InChI=1S/C12H28N2O2/c1-5-12(2,13)11-14(8-10-16-4)7-6-9-15-3/h5-11,13H2,1-4H3. The molecule has 0 rings (SSSR count). The molecule has 0 fully saturated rings. The lowest BCUT2D eigenvalue weighted by molar-refractivity contribution is 0.118. The van der Waals surface area contributed by atoms with Gasteiger partial charge >= 0.3 is 0 Å². The lowest BCUT2D eigenvalue weighted by Crippen LogP contribution is -2.48. The summed E-state index contributed by atoms with van der Waals surface area (Å²) >= 11 is 0. The van der Waals surface area contributed by atoms with Crippen molar-refractivity contribution in [2.75, 3.05) is 47.1 Å². The molecule has 4 heteroatoms. The molecule has 0 aliphatic rings. The van der Waals surface area contributed by atoms with Crippen molar-refractivity contribution in [2.24, 2.45) is 5.73 Å². The van der Waals surface area contributed by atoms with E-state index in [0.717, 1.165) is 45.7 Å². The normalized spacial score (nSPS) is 15.4. The number of ether oxygens (including phenoxy) is 2. The first-order valence-electron chi connectivity index (χ1n) is 6.05. The van der Waals surface area contributed by atoms with Crippen molar-refractivity contribution in [1.82, 2.24) is 4.90 Å². The highest BCUT2D eigenvalue weighted by Crippen LogP contribution is 2.08. The molecule has 98 valence electrons. The van der Waals surface area contributed by atoms with Crippen molar-refractivity contribution in [3.8, 4) is 0 Å². The molecule has 0 aliphatic heterocycles. The Bertz CT molecular complexity index is 163. The Kier molecular flexibility index (Phi) is 8.84. The van der Waals surface area contributed by atoms with Crippen LogP contribution in [0.25, 0.3) is 0 Å². The van der Waals surface area contributed by atoms with E-state index >= 15 is 0 Å². The van der Waals surface area contributed by atoms with Crippen LogP contribution in [0.2, 0.25) is 0 Å². The Balaban J connectivity index is 3.98. The summed E-state index contributed by atoms with van der Waals surface area (Å²) in [6, 6.07) is 0. The molecule has 2 N–H and O–H groups in total. The summed E-state index contributed by atoms with van der Waals surface area (Å²) in [6.45, 7) is 8.66. The van der Waals surface area contributed by atoms with Crippen LogP contribution in [0.4, 0.5) is 0 Å². The second-order valence-electron chi connectivity index (χ2n) is 4.62. The monoisotopic (exact) mass is 232 g/mol. The molecule has 0 bridgehead atoms. The zero-order chi connectivity index (χ0) is 12.4. The molecule has 1 atom stereocenters. The van der Waals surface area contributed by atoms with Crippen LogP contribution < -0.4 is 5.73 Å². The summed E-state index contributed by atoms with van der Waals surface area (Å²) in [5.41, 5.74) is 6.07. The predicted molar refractivity (Wildman–Crippen MR) is 67.7 cm³/mol. The molecule has 0 saturated heterocycles. The van der Waals surface area contributed by atoms with Gasteiger partial charge in [-0.15, -0.1) is 0 Å². The first-order valence-corrected chi connectivity index (χ1v) is 6.05. The highest BCUT2D eigenvalue weighted by Gasteiger charge is 2.19. The van der Waals surface area contributed by atoms with Crippen molar-refractivity contribution in [1.29, 1.82) is 0 Å². The van der Waals surface area contributed by atoms with Gasteiger partial charge in [0.1, 0.15) is 0 Å². The molecular weight excluding hydrogens is 204 g/mol.